The second kappa shape index (κ2) is 7.76. The van der Waals surface area contributed by atoms with Crippen molar-refractivity contribution < 1.29 is 19.1 Å². The van der Waals surface area contributed by atoms with E-state index in [0.717, 1.165) is 19.3 Å². The molecule has 0 saturated heterocycles. The van der Waals surface area contributed by atoms with Gasteiger partial charge < -0.3 is 4.74 Å². The molecule has 0 spiro atoms. The van der Waals surface area contributed by atoms with Gasteiger partial charge in [0.1, 0.15) is 0 Å². The van der Waals surface area contributed by atoms with Crippen molar-refractivity contribution in [3.63, 3.8) is 0 Å². The molecule has 4 heteroatoms. The fourth-order valence-electron chi connectivity index (χ4n) is 8.42. The molecule has 0 heterocycles. The lowest BCUT2D eigenvalue weighted by molar-refractivity contribution is -0.158. The Kier molecular flexibility index (Phi) is 5.31. The van der Waals surface area contributed by atoms with Gasteiger partial charge in [-0.05, 0) is 68.6 Å². The van der Waals surface area contributed by atoms with Crippen LogP contribution >= 0.6 is 0 Å². The summed E-state index contributed by atoms with van der Waals surface area (Å²) in [5.41, 5.74) is 1.54. The zero-order valence-corrected chi connectivity index (χ0v) is 21.0. The zero-order valence-electron chi connectivity index (χ0n) is 21.0. The number of ether oxygens (including phenoxy) is 1. The number of ketones is 2. The summed E-state index contributed by atoms with van der Waals surface area (Å²) in [5, 5.41) is 0. The van der Waals surface area contributed by atoms with Gasteiger partial charge in [-0.25, -0.2) is 4.79 Å². The van der Waals surface area contributed by atoms with Gasteiger partial charge in [-0.1, -0.05) is 63.1 Å². The van der Waals surface area contributed by atoms with E-state index in [-0.39, 0.29) is 28.8 Å². The molecule has 0 radical (unpaired) electrons. The van der Waals surface area contributed by atoms with Crippen LogP contribution in [-0.4, -0.2) is 23.1 Å². The van der Waals surface area contributed by atoms with Crippen LogP contribution in [0.3, 0.4) is 0 Å². The first kappa shape index (κ1) is 23.3. The maximum atomic E-state index is 13.4. The minimum Gasteiger partial charge on any atom is -0.447 e. The highest BCUT2D eigenvalue weighted by atomic mass is 16.6. The largest absolute Gasteiger partial charge is 0.447 e. The lowest BCUT2D eigenvalue weighted by Crippen LogP contribution is -2.58. The van der Waals surface area contributed by atoms with E-state index in [0.29, 0.717) is 30.2 Å². The zero-order chi connectivity index (χ0) is 24.5. The van der Waals surface area contributed by atoms with E-state index in [1.165, 1.54) is 11.1 Å². The second-order valence-corrected chi connectivity index (χ2v) is 11.7. The van der Waals surface area contributed by atoms with Crippen LogP contribution in [-0.2, 0) is 14.3 Å². The third kappa shape index (κ3) is 2.99. The topological polar surface area (TPSA) is 60.4 Å². The molecule has 1 aromatic rings. The summed E-state index contributed by atoms with van der Waals surface area (Å²) in [5.74, 6) is 0.638. The number of hydrogen-bond donors (Lipinski definition) is 0. The smallest absolute Gasteiger partial charge is 0.339 e. The molecule has 180 valence electrons. The molecule has 5 rings (SSSR count). The van der Waals surface area contributed by atoms with Crippen LogP contribution in [0, 0.1) is 34.5 Å². The molecular weight excluding hydrogens is 424 g/mol. The van der Waals surface area contributed by atoms with Crippen LogP contribution in [0.25, 0.3) is 0 Å². The minimum atomic E-state index is -1.14. The third-order valence-electron chi connectivity index (χ3n) is 9.99. The Bertz CT molecular complexity index is 1110. The summed E-state index contributed by atoms with van der Waals surface area (Å²) >= 11 is 0. The van der Waals surface area contributed by atoms with Crippen molar-refractivity contribution in [3.05, 3.63) is 59.2 Å². The van der Waals surface area contributed by atoms with Gasteiger partial charge in [0.05, 0.1) is 5.56 Å². The Morgan fingerprint density at radius 3 is 2.41 bits per heavy atom. The molecular formula is C30H36O4. The van der Waals surface area contributed by atoms with Crippen molar-refractivity contribution in [2.24, 2.45) is 34.5 Å². The molecule has 0 aliphatic heterocycles. The van der Waals surface area contributed by atoms with Crippen molar-refractivity contribution in [1.29, 1.82) is 0 Å². The Morgan fingerprint density at radius 2 is 1.74 bits per heavy atom. The van der Waals surface area contributed by atoms with E-state index in [1.54, 1.807) is 19.1 Å². The van der Waals surface area contributed by atoms with E-state index >= 15 is 0 Å². The number of Topliss-reactive ketones (excluding diaryl/α,β-unsaturated/α-hetero) is 1. The molecule has 0 aromatic heterocycles. The molecule has 4 aliphatic carbocycles. The number of benzene rings is 1. The molecule has 4 nitrogen and oxygen atoms in total. The van der Waals surface area contributed by atoms with Crippen molar-refractivity contribution in [3.8, 4) is 0 Å². The first-order chi connectivity index (χ1) is 16.0. The number of carbonyl (C=O) groups is 3. The fraction of sp³-hybridized carbons (Fsp3) is 0.567. The molecule has 0 unspecified atom stereocenters. The van der Waals surface area contributed by atoms with Crippen molar-refractivity contribution in [2.45, 2.75) is 72.3 Å². The van der Waals surface area contributed by atoms with Gasteiger partial charge in [-0.2, -0.15) is 0 Å². The number of carbonyl (C=O) groups excluding carboxylic acids is 3. The van der Waals surface area contributed by atoms with Crippen LogP contribution in [0.15, 0.2) is 53.6 Å². The average molecular weight is 461 g/mol. The van der Waals surface area contributed by atoms with Crippen LogP contribution < -0.4 is 0 Å². The highest BCUT2D eigenvalue weighted by Crippen LogP contribution is 2.68. The quantitative estimate of drug-likeness (QED) is 0.403. The van der Waals surface area contributed by atoms with Crippen molar-refractivity contribution in [1.82, 2.24) is 0 Å². The molecule has 2 fully saturated rings. The summed E-state index contributed by atoms with van der Waals surface area (Å²) in [4.78, 5) is 38.9. The van der Waals surface area contributed by atoms with E-state index < -0.39 is 17.0 Å². The summed E-state index contributed by atoms with van der Waals surface area (Å²) in [6, 6.07) is 9.00. The van der Waals surface area contributed by atoms with E-state index in [1.807, 2.05) is 24.3 Å². The highest BCUT2D eigenvalue weighted by molar-refractivity contribution is 5.95. The molecule has 0 bridgehead atoms. The fourth-order valence-corrected chi connectivity index (χ4v) is 8.42. The van der Waals surface area contributed by atoms with E-state index in [9.17, 15) is 14.4 Å². The predicted molar refractivity (Wildman–Crippen MR) is 131 cm³/mol. The Labute approximate surface area is 202 Å². The van der Waals surface area contributed by atoms with Crippen LogP contribution in [0.5, 0.6) is 0 Å². The lowest BCUT2D eigenvalue weighted by atomic mass is 9.48. The van der Waals surface area contributed by atoms with E-state index in [2.05, 4.69) is 33.8 Å². The van der Waals surface area contributed by atoms with Gasteiger partial charge in [-0.15, -0.1) is 0 Å². The number of esters is 1. The Morgan fingerprint density at radius 1 is 1.03 bits per heavy atom. The van der Waals surface area contributed by atoms with Gasteiger partial charge in [0, 0.05) is 23.2 Å². The Hall–Kier alpha value is -2.49. The maximum absolute atomic E-state index is 13.4. The molecule has 2 saturated carbocycles. The molecule has 1 aromatic carbocycles. The number of fused-ring (bicyclic) bond motifs is 5. The SMILES string of the molecule is CC(=O)[C@@]1(OC(=O)c2ccccc2)[C@@H](C)C[C@H]2[C@@H]3C[C@H](C)C4=CC(=O)CC[C@]4(C)C3=CC[C@@]21C. The molecule has 7 atom stereocenters. The van der Waals surface area contributed by atoms with Crippen LogP contribution in [0.4, 0.5) is 0 Å². The van der Waals surface area contributed by atoms with Gasteiger partial charge in [0.25, 0.3) is 0 Å². The van der Waals surface area contributed by atoms with Gasteiger partial charge >= 0.3 is 5.97 Å². The highest BCUT2D eigenvalue weighted by Gasteiger charge is 2.69. The first-order valence-corrected chi connectivity index (χ1v) is 12.8. The summed E-state index contributed by atoms with van der Waals surface area (Å²) in [6.07, 6.45) is 8.28. The molecule has 34 heavy (non-hydrogen) atoms. The average Bonchev–Trinajstić information content (AvgIpc) is 3.03. The van der Waals surface area contributed by atoms with Gasteiger partial charge in [0.2, 0.25) is 0 Å². The van der Waals surface area contributed by atoms with Crippen molar-refractivity contribution >= 4 is 17.5 Å². The maximum Gasteiger partial charge on any atom is 0.339 e. The normalized spacial score (nSPS) is 40.9. The van der Waals surface area contributed by atoms with Crippen molar-refractivity contribution in [2.75, 3.05) is 0 Å². The number of hydrogen-bond acceptors (Lipinski definition) is 4. The standard InChI is InChI=1S/C30H36O4/c1-18-15-23-24(28(4)13-11-22(32)17-25(18)28)12-14-29(5)26(23)16-19(2)30(29,20(3)31)34-27(33)21-9-7-6-8-10-21/h6-10,12,17-19,23,26H,11,13-16H2,1-5H3/t18-,19-,23+,26-,28+,29-,30-/m0/s1. The van der Waals surface area contributed by atoms with Crippen LogP contribution in [0.2, 0.25) is 0 Å². The third-order valence-corrected chi connectivity index (χ3v) is 9.99. The number of rotatable bonds is 3. The van der Waals surface area contributed by atoms with Gasteiger partial charge in [0.15, 0.2) is 17.2 Å². The summed E-state index contributed by atoms with van der Waals surface area (Å²) in [6.45, 7) is 10.4. The predicted octanol–water partition coefficient (Wildman–Crippen LogP) is 6.12. The molecule has 4 aliphatic rings. The monoisotopic (exact) mass is 460 g/mol. The first-order valence-electron chi connectivity index (χ1n) is 12.8. The second-order valence-electron chi connectivity index (χ2n) is 11.7. The summed E-state index contributed by atoms with van der Waals surface area (Å²) in [7, 11) is 0. The molecule has 0 N–H and O–H groups in total. The summed E-state index contributed by atoms with van der Waals surface area (Å²) < 4.78 is 6.31. The van der Waals surface area contributed by atoms with Gasteiger partial charge in [-0.3, -0.25) is 9.59 Å². The minimum absolute atomic E-state index is 0.0509. The Balaban J connectivity index is 1.58. The number of allylic oxidation sites excluding steroid dienone is 4. The molecule has 0 amide bonds. The van der Waals surface area contributed by atoms with E-state index in [4.69, 9.17) is 4.74 Å². The van der Waals surface area contributed by atoms with Crippen LogP contribution in [0.1, 0.15) is 77.1 Å². The lowest BCUT2D eigenvalue weighted by Gasteiger charge is -2.56.